The van der Waals surface area contributed by atoms with Gasteiger partial charge in [-0.2, -0.15) is 0 Å². The van der Waals surface area contributed by atoms with Crippen molar-refractivity contribution in [1.29, 1.82) is 0 Å². The number of rotatable bonds is 4. The van der Waals surface area contributed by atoms with Crippen LogP contribution in [0.15, 0.2) is 41.2 Å². The van der Waals surface area contributed by atoms with Crippen molar-refractivity contribution in [2.45, 2.75) is 32.1 Å². The fourth-order valence-corrected chi connectivity index (χ4v) is 3.75. The topological polar surface area (TPSA) is 58.8 Å². The largest absolute Gasteiger partial charge is 0.472 e. The molecule has 0 unspecified atom stereocenters. The molecule has 0 aromatic carbocycles. The van der Waals surface area contributed by atoms with Gasteiger partial charge in [0.05, 0.1) is 30.2 Å². The van der Waals surface area contributed by atoms with E-state index in [4.69, 9.17) is 9.15 Å². The van der Waals surface area contributed by atoms with Crippen LogP contribution < -0.4 is 0 Å². The Balaban J connectivity index is 1.32. The Morgan fingerprint density at radius 3 is 3.04 bits per heavy atom. The van der Waals surface area contributed by atoms with E-state index >= 15 is 0 Å². The number of carbonyl (C=O) groups excluding carboxylic acids is 1. The van der Waals surface area contributed by atoms with Crippen LogP contribution in [0, 0.1) is 6.92 Å². The third-order valence-electron chi connectivity index (χ3n) is 5.05. The van der Waals surface area contributed by atoms with Crippen LogP contribution in [0.5, 0.6) is 0 Å². The minimum absolute atomic E-state index is 0.0572. The molecule has 2 aliphatic rings. The molecule has 4 heterocycles. The standard InChI is InChI=1S/C19H23N3O3/c1-14-3-2-4-16(20-14)13-25-18-9-17-10-22(7-6-21(17)11-18)19(23)15-5-8-24-12-15/h2-5,8,12,17-18H,6-7,9-11,13H2,1H3/t17-,18+/m0/s1. The molecule has 6 heteroatoms. The van der Waals surface area contributed by atoms with E-state index in [1.54, 1.807) is 12.3 Å². The maximum absolute atomic E-state index is 12.5. The summed E-state index contributed by atoms with van der Waals surface area (Å²) in [7, 11) is 0. The van der Waals surface area contributed by atoms with Crippen LogP contribution in [0.1, 0.15) is 28.2 Å². The first-order valence-electron chi connectivity index (χ1n) is 8.79. The highest BCUT2D eigenvalue weighted by molar-refractivity contribution is 5.93. The highest BCUT2D eigenvalue weighted by Gasteiger charge is 2.38. The Bertz CT molecular complexity index is 731. The molecule has 0 bridgehead atoms. The molecule has 132 valence electrons. The average molecular weight is 341 g/mol. The van der Waals surface area contributed by atoms with Gasteiger partial charge in [-0.05, 0) is 31.5 Å². The zero-order valence-corrected chi connectivity index (χ0v) is 14.4. The quantitative estimate of drug-likeness (QED) is 0.852. The van der Waals surface area contributed by atoms with Gasteiger partial charge in [0.1, 0.15) is 6.26 Å². The molecule has 6 nitrogen and oxygen atoms in total. The summed E-state index contributed by atoms with van der Waals surface area (Å²) in [6.07, 6.45) is 4.23. The molecule has 0 aliphatic carbocycles. The summed E-state index contributed by atoms with van der Waals surface area (Å²) in [6, 6.07) is 8.11. The molecule has 2 saturated heterocycles. The van der Waals surface area contributed by atoms with Gasteiger partial charge in [0.2, 0.25) is 0 Å². The summed E-state index contributed by atoms with van der Waals surface area (Å²) in [6.45, 7) is 5.88. The highest BCUT2D eigenvalue weighted by atomic mass is 16.5. The lowest BCUT2D eigenvalue weighted by atomic mass is 10.1. The van der Waals surface area contributed by atoms with Crippen molar-refractivity contribution in [2.75, 3.05) is 26.2 Å². The zero-order chi connectivity index (χ0) is 17.2. The van der Waals surface area contributed by atoms with E-state index in [0.29, 0.717) is 18.2 Å². The number of nitrogens with zero attached hydrogens (tertiary/aromatic N) is 3. The second-order valence-electron chi connectivity index (χ2n) is 6.85. The first-order chi connectivity index (χ1) is 12.2. The first kappa shape index (κ1) is 16.3. The number of amides is 1. The van der Waals surface area contributed by atoms with Crippen molar-refractivity contribution in [3.8, 4) is 0 Å². The van der Waals surface area contributed by atoms with Crippen LogP contribution in [-0.2, 0) is 11.3 Å². The Kier molecular flexibility index (Phi) is 4.55. The Hall–Kier alpha value is -2.18. The molecule has 1 amide bonds. The third-order valence-corrected chi connectivity index (χ3v) is 5.05. The van der Waals surface area contributed by atoms with E-state index in [0.717, 1.165) is 44.0 Å². The molecule has 2 aromatic heterocycles. The Morgan fingerprint density at radius 1 is 1.32 bits per heavy atom. The van der Waals surface area contributed by atoms with Crippen LogP contribution in [0.2, 0.25) is 0 Å². The molecule has 0 N–H and O–H groups in total. The monoisotopic (exact) mass is 341 g/mol. The van der Waals surface area contributed by atoms with E-state index in [9.17, 15) is 4.79 Å². The first-order valence-corrected chi connectivity index (χ1v) is 8.79. The van der Waals surface area contributed by atoms with E-state index in [1.807, 2.05) is 30.0 Å². The molecule has 4 rings (SSSR count). The number of ether oxygens (including phenoxy) is 1. The number of furan rings is 1. The van der Waals surface area contributed by atoms with Crippen molar-refractivity contribution in [3.63, 3.8) is 0 Å². The lowest BCUT2D eigenvalue weighted by Crippen LogP contribution is -2.52. The van der Waals surface area contributed by atoms with Crippen molar-refractivity contribution in [2.24, 2.45) is 0 Å². The fraction of sp³-hybridized carbons (Fsp3) is 0.474. The number of aromatic nitrogens is 1. The summed E-state index contributed by atoms with van der Waals surface area (Å²) in [5.41, 5.74) is 2.62. The van der Waals surface area contributed by atoms with Gasteiger partial charge in [-0.25, -0.2) is 0 Å². The van der Waals surface area contributed by atoms with Gasteiger partial charge in [-0.1, -0.05) is 6.07 Å². The van der Waals surface area contributed by atoms with Gasteiger partial charge in [0.25, 0.3) is 5.91 Å². The number of hydrogen-bond donors (Lipinski definition) is 0. The molecule has 2 aliphatic heterocycles. The van der Waals surface area contributed by atoms with E-state index < -0.39 is 0 Å². The van der Waals surface area contributed by atoms with E-state index in [-0.39, 0.29) is 12.0 Å². The molecular weight excluding hydrogens is 318 g/mol. The second-order valence-corrected chi connectivity index (χ2v) is 6.85. The predicted molar refractivity (Wildman–Crippen MR) is 92.1 cm³/mol. The van der Waals surface area contributed by atoms with Gasteiger partial charge in [-0.3, -0.25) is 14.7 Å². The Morgan fingerprint density at radius 2 is 2.24 bits per heavy atom. The number of hydrogen-bond acceptors (Lipinski definition) is 5. The van der Waals surface area contributed by atoms with E-state index in [2.05, 4.69) is 9.88 Å². The SMILES string of the molecule is Cc1cccc(CO[C@@H]2C[C@H]3CN(C(=O)c4ccoc4)CCN3C2)n1. The maximum atomic E-state index is 12.5. The molecule has 0 radical (unpaired) electrons. The summed E-state index contributed by atoms with van der Waals surface area (Å²) in [5, 5.41) is 0. The van der Waals surface area contributed by atoms with Crippen LogP contribution >= 0.6 is 0 Å². The minimum Gasteiger partial charge on any atom is -0.472 e. The van der Waals surface area contributed by atoms with Crippen molar-refractivity contribution in [1.82, 2.24) is 14.8 Å². The zero-order valence-electron chi connectivity index (χ0n) is 14.4. The number of fused-ring (bicyclic) bond motifs is 1. The molecule has 25 heavy (non-hydrogen) atoms. The Labute approximate surface area is 147 Å². The molecule has 2 fully saturated rings. The minimum atomic E-state index is 0.0572. The van der Waals surface area contributed by atoms with Crippen molar-refractivity contribution < 1.29 is 13.9 Å². The van der Waals surface area contributed by atoms with Crippen molar-refractivity contribution >= 4 is 5.91 Å². The number of carbonyl (C=O) groups is 1. The normalized spacial score (nSPS) is 23.6. The average Bonchev–Trinajstić information content (AvgIpc) is 3.28. The summed E-state index contributed by atoms with van der Waals surface area (Å²) in [5.74, 6) is 0.0572. The van der Waals surface area contributed by atoms with Gasteiger partial charge >= 0.3 is 0 Å². The van der Waals surface area contributed by atoms with Crippen molar-refractivity contribution in [3.05, 3.63) is 53.7 Å². The van der Waals surface area contributed by atoms with Crippen LogP contribution in [0.4, 0.5) is 0 Å². The molecule has 2 atom stereocenters. The molecule has 0 spiro atoms. The lowest BCUT2D eigenvalue weighted by molar-refractivity contribution is 0.0434. The van der Waals surface area contributed by atoms with Crippen LogP contribution in [0.3, 0.4) is 0 Å². The van der Waals surface area contributed by atoms with Gasteiger partial charge in [-0.15, -0.1) is 0 Å². The summed E-state index contributed by atoms with van der Waals surface area (Å²) < 4.78 is 11.1. The molecule has 2 aromatic rings. The molecule has 0 saturated carbocycles. The maximum Gasteiger partial charge on any atom is 0.257 e. The van der Waals surface area contributed by atoms with E-state index in [1.165, 1.54) is 6.26 Å². The summed E-state index contributed by atoms with van der Waals surface area (Å²) in [4.78, 5) is 21.3. The van der Waals surface area contributed by atoms with Crippen LogP contribution in [0.25, 0.3) is 0 Å². The fourth-order valence-electron chi connectivity index (χ4n) is 3.75. The summed E-state index contributed by atoms with van der Waals surface area (Å²) >= 11 is 0. The van der Waals surface area contributed by atoms with Gasteiger partial charge in [0, 0.05) is 37.9 Å². The van der Waals surface area contributed by atoms with Gasteiger partial charge in [0.15, 0.2) is 0 Å². The highest BCUT2D eigenvalue weighted by Crippen LogP contribution is 2.25. The second kappa shape index (κ2) is 6.98. The lowest BCUT2D eigenvalue weighted by Gasteiger charge is -2.37. The molecular formula is C19H23N3O3. The van der Waals surface area contributed by atoms with Gasteiger partial charge < -0.3 is 14.1 Å². The number of aryl methyl sites for hydroxylation is 1. The number of pyridine rings is 1. The van der Waals surface area contributed by atoms with Crippen LogP contribution in [-0.4, -0.2) is 59.0 Å². The number of piperazine rings is 1. The predicted octanol–water partition coefficient (Wildman–Crippen LogP) is 2.10. The smallest absolute Gasteiger partial charge is 0.257 e. The third kappa shape index (κ3) is 3.60.